The van der Waals surface area contributed by atoms with Gasteiger partial charge in [0.05, 0.1) is 31.2 Å². The van der Waals surface area contributed by atoms with Gasteiger partial charge in [-0.15, -0.1) is 0 Å². The van der Waals surface area contributed by atoms with Crippen LogP contribution in [0.15, 0.2) is 29.2 Å². The lowest BCUT2D eigenvalue weighted by Crippen LogP contribution is -3.12. The average Bonchev–Trinajstić information content (AvgIpc) is 2.35. The number of likely N-dealkylation sites (N-methyl/N-ethyl adjacent to an activating group) is 1. The van der Waals surface area contributed by atoms with Crippen LogP contribution in [0.25, 0.3) is 0 Å². The molecule has 18 heavy (non-hydrogen) atoms. The van der Waals surface area contributed by atoms with Crippen molar-refractivity contribution < 1.29 is 13.3 Å². The molecule has 0 spiro atoms. The number of rotatable bonds is 7. The number of nitrogens with one attached hydrogen (secondary N) is 2. The molecule has 1 rings (SSSR count). The average molecular weight is 292 g/mol. The molecule has 0 aromatic heterocycles. The van der Waals surface area contributed by atoms with Gasteiger partial charge in [-0.2, -0.15) is 0 Å². The van der Waals surface area contributed by atoms with E-state index in [9.17, 15) is 8.42 Å². The highest BCUT2D eigenvalue weighted by atomic mass is 35.5. The number of quaternary nitrogens is 1. The number of halogens is 1. The molecule has 2 N–H and O–H groups in total. The first-order valence-corrected chi connectivity index (χ1v) is 7.95. The Kier molecular flexibility index (Phi) is 6.08. The third-order valence-corrected chi connectivity index (χ3v) is 4.86. The maximum Gasteiger partial charge on any atom is 0.242 e. The van der Waals surface area contributed by atoms with Gasteiger partial charge in [-0.25, -0.2) is 13.1 Å². The molecule has 0 saturated heterocycles. The Morgan fingerprint density at radius 2 is 1.83 bits per heavy atom. The van der Waals surface area contributed by atoms with E-state index in [-0.39, 0.29) is 9.92 Å². The van der Waals surface area contributed by atoms with Crippen LogP contribution in [0.3, 0.4) is 0 Å². The van der Waals surface area contributed by atoms with Crippen molar-refractivity contribution in [3.8, 4) is 0 Å². The highest BCUT2D eigenvalue weighted by Crippen LogP contribution is 2.19. The molecule has 0 atom stereocenters. The summed E-state index contributed by atoms with van der Waals surface area (Å²) in [5.74, 6) is 0. The Bertz CT molecular complexity index is 473. The van der Waals surface area contributed by atoms with Crippen LogP contribution in [0.4, 0.5) is 0 Å². The first-order chi connectivity index (χ1) is 8.51. The van der Waals surface area contributed by atoms with Crippen molar-refractivity contribution in [2.75, 3.05) is 26.2 Å². The zero-order valence-corrected chi connectivity index (χ0v) is 12.3. The number of sulfonamides is 1. The summed E-state index contributed by atoms with van der Waals surface area (Å²) in [5, 5.41) is 0.250. The highest BCUT2D eigenvalue weighted by Gasteiger charge is 2.17. The van der Waals surface area contributed by atoms with Crippen molar-refractivity contribution in [3.63, 3.8) is 0 Å². The largest absolute Gasteiger partial charge is 0.334 e. The molecular formula is C12H20ClN2O2S+. The standard InChI is InChI=1S/C12H19ClN2O2S/c1-3-15(4-2)10-9-14-18(16,17)12-8-6-5-7-11(12)13/h5-8,14H,3-4,9-10H2,1-2H3/p+1. The molecule has 0 aliphatic carbocycles. The van der Waals surface area contributed by atoms with E-state index >= 15 is 0 Å². The van der Waals surface area contributed by atoms with E-state index in [0.29, 0.717) is 6.54 Å². The summed E-state index contributed by atoms with van der Waals surface area (Å²) >= 11 is 5.88. The normalized spacial score (nSPS) is 12.0. The van der Waals surface area contributed by atoms with Crippen LogP contribution >= 0.6 is 11.6 Å². The Hall–Kier alpha value is -0.620. The SMILES string of the molecule is CC[NH+](CC)CCNS(=O)(=O)c1ccccc1Cl. The van der Waals surface area contributed by atoms with Crippen molar-refractivity contribution >= 4 is 21.6 Å². The fourth-order valence-electron chi connectivity index (χ4n) is 1.71. The van der Waals surface area contributed by atoms with E-state index in [1.807, 2.05) is 0 Å². The molecule has 1 aromatic carbocycles. The highest BCUT2D eigenvalue weighted by molar-refractivity contribution is 7.89. The first kappa shape index (κ1) is 15.4. The molecule has 0 unspecified atom stereocenters. The lowest BCUT2D eigenvalue weighted by molar-refractivity contribution is -0.895. The predicted molar refractivity (Wildman–Crippen MR) is 73.6 cm³/mol. The van der Waals surface area contributed by atoms with E-state index in [1.54, 1.807) is 18.2 Å². The monoisotopic (exact) mass is 291 g/mol. The van der Waals surface area contributed by atoms with E-state index in [2.05, 4.69) is 18.6 Å². The fourth-order valence-corrected chi connectivity index (χ4v) is 3.26. The molecule has 0 fully saturated rings. The van der Waals surface area contributed by atoms with Crippen LogP contribution in [-0.2, 0) is 10.0 Å². The fraction of sp³-hybridized carbons (Fsp3) is 0.500. The topological polar surface area (TPSA) is 50.6 Å². The van der Waals surface area contributed by atoms with Crippen molar-refractivity contribution in [1.29, 1.82) is 0 Å². The smallest absolute Gasteiger partial charge is 0.242 e. The predicted octanol–water partition coefficient (Wildman–Crippen LogP) is 0.543. The third kappa shape index (κ3) is 4.24. The molecule has 1 aromatic rings. The quantitative estimate of drug-likeness (QED) is 0.771. The molecule has 0 bridgehead atoms. The lowest BCUT2D eigenvalue weighted by Gasteiger charge is -2.15. The summed E-state index contributed by atoms with van der Waals surface area (Å²) in [7, 11) is -3.50. The third-order valence-electron chi connectivity index (χ3n) is 2.90. The molecule has 0 saturated carbocycles. The van der Waals surface area contributed by atoms with Gasteiger partial charge in [-0.05, 0) is 26.0 Å². The van der Waals surface area contributed by atoms with Crippen LogP contribution in [-0.4, -0.2) is 34.6 Å². The van der Waals surface area contributed by atoms with E-state index in [4.69, 9.17) is 11.6 Å². The Balaban J connectivity index is 2.64. The maximum atomic E-state index is 12.0. The second kappa shape index (κ2) is 7.09. The zero-order chi connectivity index (χ0) is 13.6. The second-order valence-electron chi connectivity index (χ2n) is 4.04. The molecule has 6 heteroatoms. The van der Waals surface area contributed by atoms with Gasteiger partial charge in [0, 0.05) is 0 Å². The molecule has 0 amide bonds. The zero-order valence-electron chi connectivity index (χ0n) is 10.7. The van der Waals surface area contributed by atoms with Crippen molar-refractivity contribution in [1.82, 2.24) is 4.72 Å². The Morgan fingerprint density at radius 3 is 2.39 bits per heavy atom. The second-order valence-corrected chi connectivity index (χ2v) is 6.18. The Labute approximate surface area is 114 Å². The molecule has 4 nitrogen and oxygen atoms in total. The van der Waals surface area contributed by atoms with Gasteiger partial charge in [0.25, 0.3) is 0 Å². The lowest BCUT2D eigenvalue weighted by atomic mass is 10.4. The Morgan fingerprint density at radius 1 is 1.22 bits per heavy atom. The van der Waals surface area contributed by atoms with E-state index in [1.165, 1.54) is 11.0 Å². The molecular weight excluding hydrogens is 272 g/mol. The number of hydrogen-bond donors (Lipinski definition) is 2. The summed E-state index contributed by atoms with van der Waals surface area (Å²) in [4.78, 5) is 1.50. The van der Waals surface area contributed by atoms with Gasteiger partial charge in [-0.1, -0.05) is 23.7 Å². The minimum atomic E-state index is -3.50. The van der Waals surface area contributed by atoms with Crippen molar-refractivity contribution in [2.45, 2.75) is 18.7 Å². The number of hydrogen-bond acceptors (Lipinski definition) is 2. The first-order valence-electron chi connectivity index (χ1n) is 6.09. The summed E-state index contributed by atoms with van der Waals surface area (Å²) < 4.78 is 26.6. The van der Waals surface area contributed by atoms with Gasteiger partial charge in [0.2, 0.25) is 10.0 Å². The van der Waals surface area contributed by atoms with Gasteiger partial charge in [0.1, 0.15) is 4.90 Å². The van der Waals surface area contributed by atoms with Crippen molar-refractivity contribution in [2.24, 2.45) is 0 Å². The molecule has 0 aliphatic rings. The van der Waals surface area contributed by atoms with Gasteiger partial charge in [-0.3, -0.25) is 0 Å². The molecule has 0 heterocycles. The van der Waals surface area contributed by atoms with Gasteiger partial charge in [0.15, 0.2) is 0 Å². The molecule has 102 valence electrons. The van der Waals surface area contributed by atoms with E-state index < -0.39 is 10.0 Å². The van der Waals surface area contributed by atoms with Crippen LogP contribution < -0.4 is 9.62 Å². The van der Waals surface area contributed by atoms with Crippen molar-refractivity contribution in [3.05, 3.63) is 29.3 Å². The summed E-state index contributed by atoms with van der Waals surface area (Å²) in [6.45, 7) is 7.35. The van der Waals surface area contributed by atoms with Crippen LogP contribution in [0, 0.1) is 0 Å². The molecule has 0 radical (unpaired) electrons. The van der Waals surface area contributed by atoms with Crippen LogP contribution in [0.1, 0.15) is 13.8 Å². The van der Waals surface area contributed by atoms with Crippen LogP contribution in [0.2, 0.25) is 5.02 Å². The number of benzene rings is 1. The minimum Gasteiger partial charge on any atom is -0.334 e. The maximum absolute atomic E-state index is 12.0. The van der Waals surface area contributed by atoms with Gasteiger partial charge >= 0.3 is 0 Å². The molecule has 0 aliphatic heterocycles. The minimum absolute atomic E-state index is 0.140. The summed E-state index contributed by atoms with van der Waals surface area (Å²) in [6.07, 6.45) is 0. The van der Waals surface area contributed by atoms with Gasteiger partial charge < -0.3 is 4.90 Å². The van der Waals surface area contributed by atoms with Crippen LogP contribution in [0.5, 0.6) is 0 Å². The summed E-state index contributed by atoms with van der Waals surface area (Å²) in [6, 6.07) is 6.46. The van der Waals surface area contributed by atoms with E-state index in [0.717, 1.165) is 19.6 Å². The summed E-state index contributed by atoms with van der Waals surface area (Å²) in [5.41, 5.74) is 0.